The lowest BCUT2D eigenvalue weighted by Crippen LogP contribution is -2.55. The molecule has 0 aromatic rings. The van der Waals surface area contributed by atoms with Gasteiger partial charge in [0.2, 0.25) is 0 Å². The van der Waals surface area contributed by atoms with E-state index in [1.54, 1.807) is 0 Å². The molecule has 0 aromatic heterocycles. The number of carbonyl (C=O) groups is 1. The van der Waals surface area contributed by atoms with Gasteiger partial charge in [-0.05, 0) is 12.8 Å². The molecule has 168 valence electrons. The van der Waals surface area contributed by atoms with Crippen LogP contribution in [-0.4, -0.2) is 101 Å². The largest absolute Gasteiger partial charge is 0.479 e. The van der Waals surface area contributed by atoms with Crippen LogP contribution in [0.1, 0.15) is 57.8 Å². The zero-order valence-electron chi connectivity index (χ0n) is 16.0. The molecule has 10 nitrogen and oxygen atoms in total. The van der Waals surface area contributed by atoms with Crippen molar-refractivity contribution in [3.63, 3.8) is 0 Å². The van der Waals surface area contributed by atoms with Crippen LogP contribution < -0.4 is 0 Å². The smallest absolute Gasteiger partial charge is 0.335 e. The van der Waals surface area contributed by atoms with Crippen molar-refractivity contribution < 1.29 is 50.8 Å². The summed E-state index contributed by atoms with van der Waals surface area (Å²) in [4.78, 5) is 10.6. The Bertz CT molecular complexity index is 408. The van der Waals surface area contributed by atoms with E-state index in [0.29, 0.717) is 6.42 Å². The topological polar surface area (TPSA) is 199 Å². The summed E-state index contributed by atoms with van der Waals surface area (Å²) in [5.41, 5.74) is 0. The first-order valence-corrected chi connectivity index (χ1v) is 9.75. The Hall–Kier alpha value is -0.850. The van der Waals surface area contributed by atoms with Crippen LogP contribution in [0.5, 0.6) is 0 Å². The molecule has 0 rings (SSSR count). The number of carboxylic acid groups (broad SMARTS) is 1. The van der Waals surface area contributed by atoms with E-state index in [1.165, 1.54) is 0 Å². The molecule has 0 fully saturated rings. The predicted octanol–water partition coefficient (Wildman–Crippen LogP) is -1.90. The van der Waals surface area contributed by atoms with Crippen molar-refractivity contribution >= 4 is 5.97 Å². The van der Waals surface area contributed by atoms with Crippen LogP contribution in [0.25, 0.3) is 0 Å². The quantitative estimate of drug-likeness (QED) is 0.122. The normalized spacial score (nSPS) is 19.4. The monoisotopic (exact) mass is 412 g/mol. The number of aliphatic hydroxyl groups excluding tert-OH is 8. The standard InChI is InChI=1S/C18H36O10/c19-10-8-6-4-2-1-3-5-7-9-11(20)12(21)13(22)14(23)15(24)16(25)17(26)18(27)28/h11-17,19-26H,1-10H2,(H,27,28). The van der Waals surface area contributed by atoms with Gasteiger partial charge in [0.25, 0.3) is 0 Å². The Morgan fingerprint density at radius 1 is 0.571 bits per heavy atom. The van der Waals surface area contributed by atoms with Gasteiger partial charge in [-0.25, -0.2) is 4.79 Å². The van der Waals surface area contributed by atoms with Gasteiger partial charge in [-0.2, -0.15) is 0 Å². The van der Waals surface area contributed by atoms with Gasteiger partial charge in [0.15, 0.2) is 6.10 Å². The lowest BCUT2D eigenvalue weighted by molar-refractivity contribution is -0.179. The van der Waals surface area contributed by atoms with Gasteiger partial charge in [-0.15, -0.1) is 0 Å². The molecule has 0 aromatic carbocycles. The van der Waals surface area contributed by atoms with Gasteiger partial charge < -0.3 is 46.0 Å². The van der Waals surface area contributed by atoms with E-state index in [0.717, 1.165) is 44.9 Å². The molecule has 0 saturated carbocycles. The summed E-state index contributed by atoms with van der Waals surface area (Å²) in [6.07, 6.45) is -6.98. The third-order valence-electron chi connectivity index (χ3n) is 4.78. The van der Waals surface area contributed by atoms with Crippen molar-refractivity contribution in [2.75, 3.05) is 6.61 Å². The van der Waals surface area contributed by atoms with Crippen LogP contribution >= 0.6 is 0 Å². The van der Waals surface area contributed by atoms with E-state index in [1.807, 2.05) is 0 Å². The van der Waals surface area contributed by atoms with Crippen molar-refractivity contribution in [3.05, 3.63) is 0 Å². The first kappa shape index (κ1) is 27.1. The summed E-state index contributed by atoms with van der Waals surface area (Å²) in [6.45, 7) is 0.205. The third kappa shape index (κ3) is 10.1. The van der Waals surface area contributed by atoms with Gasteiger partial charge >= 0.3 is 5.97 Å². The average Bonchev–Trinajstić information content (AvgIpc) is 2.68. The number of aliphatic carboxylic acids is 1. The summed E-state index contributed by atoms with van der Waals surface area (Å²) in [7, 11) is 0. The SMILES string of the molecule is O=C(O)C(O)C(O)C(O)C(O)C(O)C(O)C(O)CCCCCCCCCCO. The molecule has 0 heterocycles. The lowest BCUT2D eigenvalue weighted by Gasteiger charge is -2.31. The van der Waals surface area contributed by atoms with Crippen molar-refractivity contribution in [3.8, 4) is 0 Å². The number of rotatable bonds is 17. The van der Waals surface area contributed by atoms with Crippen LogP contribution in [0.4, 0.5) is 0 Å². The first-order valence-electron chi connectivity index (χ1n) is 9.75. The van der Waals surface area contributed by atoms with Gasteiger partial charge in [0.1, 0.15) is 30.5 Å². The summed E-state index contributed by atoms with van der Waals surface area (Å²) in [5.74, 6) is -1.83. The lowest BCUT2D eigenvalue weighted by atomic mass is 9.92. The van der Waals surface area contributed by atoms with E-state index in [-0.39, 0.29) is 13.0 Å². The fraction of sp³-hybridized carbons (Fsp3) is 0.944. The molecular weight excluding hydrogens is 376 g/mol. The maximum Gasteiger partial charge on any atom is 0.335 e. The van der Waals surface area contributed by atoms with Gasteiger partial charge in [0, 0.05) is 6.61 Å². The molecule has 0 aliphatic rings. The number of unbranched alkanes of at least 4 members (excludes halogenated alkanes) is 7. The molecule has 0 saturated heterocycles. The van der Waals surface area contributed by atoms with E-state index >= 15 is 0 Å². The molecule has 0 bridgehead atoms. The van der Waals surface area contributed by atoms with Crippen LogP contribution in [0.2, 0.25) is 0 Å². The van der Waals surface area contributed by atoms with E-state index < -0.39 is 48.7 Å². The fourth-order valence-electron chi connectivity index (χ4n) is 2.86. The number of hydrogen-bond acceptors (Lipinski definition) is 9. The number of aliphatic hydroxyl groups is 8. The average molecular weight is 412 g/mol. The van der Waals surface area contributed by atoms with E-state index in [9.17, 15) is 35.4 Å². The van der Waals surface area contributed by atoms with E-state index in [2.05, 4.69) is 0 Å². The van der Waals surface area contributed by atoms with Crippen LogP contribution in [-0.2, 0) is 4.79 Å². The molecule has 0 radical (unpaired) electrons. The minimum Gasteiger partial charge on any atom is -0.479 e. The summed E-state index contributed by atoms with van der Waals surface area (Å²) in [5, 5.41) is 85.0. The third-order valence-corrected chi connectivity index (χ3v) is 4.78. The highest BCUT2D eigenvalue weighted by Crippen LogP contribution is 2.17. The molecule has 9 N–H and O–H groups in total. The van der Waals surface area contributed by atoms with Gasteiger partial charge in [0.05, 0.1) is 6.10 Å². The molecule has 0 aliphatic carbocycles. The predicted molar refractivity (Wildman–Crippen MR) is 98.3 cm³/mol. The zero-order valence-corrected chi connectivity index (χ0v) is 16.0. The minimum atomic E-state index is -2.39. The summed E-state index contributed by atoms with van der Waals surface area (Å²) < 4.78 is 0. The molecule has 28 heavy (non-hydrogen) atoms. The number of hydrogen-bond donors (Lipinski definition) is 9. The second-order valence-electron chi connectivity index (χ2n) is 7.14. The maximum atomic E-state index is 10.6. The highest BCUT2D eigenvalue weighted by Gasteiger charge is 2.40. The van der Waals surface area contributed by atoms with Crippen molar-refractivity contribution in [1.29, 1.82) is 0 Å². The Kier molecular flexibility index (Phi) is 14.6. The minimum absolute atomic E-state index is 0.145. The van der Waals surface area contributed by atoms with Crippen molar-refractivity contribution in [2.24, 2.45) is 0 Å². The second-order valence-corrected chi connectivity index (χ2v) is 7.14. The van der Waals surface area contributed by atoms with Crippen LogP contribution in [0.15, 0.2) is 0 Å². The first-order chi connectivity index (χ1) is 13.1. The van der Waals surface area contributed by atoms with Gasteiger partial charge in [-0.3, -0.25) is 0 Å². The molecular formula is C18H36O10. The Morgan fingerprint density at radius 2 is 0.964 bits per heavy atom. The Morgan fingerprint density at radius 3 is 1.43 bits per heavy atom. The molecule has 0 amide bonds. The molecule has 10 heteroatoms. The van der Waals surface area contributed by atoms with Crippen LogP contribution in [0.3, 0.4) is 0 Å². The zero-order chi connectivity index (χ0) is 21.7. The number of carboxylic acids is 1. The van der Waals surface area contributed by atoms with Crippen molar-refractivity contribution in [1.82, 2.24) is 0 Å². The molecule has 7 atom stereocenters. The maximum absolute atomic E-state index is 10.6. The second kappa shape index (κ2) is 15.1. The summed E-state index contributed by atoms with van der Waals surface area (Å²) >= 11 is 0. The van der Waals surface area contributed by atoms with Gasteiger partial charge in [-0.1, -0.05) is 44.9 Å². The Labute approximate surface area is 164 Å². The summed E-state index contributed by atoms with van der Waals surface area (Å²) in [6, 6.07) is 0. The highest BCUT2D eigenvalue weighted by molar-refractivity contribution is 5.72. The fourth-order valence-corrected chi connectivity index (χ4v) is 2.86. The Balaban J connectivity index is 4.18. The molecule has 7 unspecified atom stereocenters. The highest BCUT2D eigenvalue weighted by atomic mass is 16.4. The molecule has 0 spiro atoms. The van der Waals surface area contributed by atoms with Crippen LogP contribution in [0, 0.1) is 0 Å². The van der Waals surface area contributed by atoms with Crippen molar-refractivity contribution in [2.45, 2.75) is 101 Å². The van der Waals surface area contributed by atoms with E-state index in [4.69, 9.17) is 15.3 Å². The molecule has 0 aliphatic heterocycles.